The van der Waals surface area contributed by atoms with Gasteiger partial charge in [-0.3, -0.25) is 4.79 Å². The van der Waals surface area contributed by atoms with Gasteiger partial charge in [-0.25, -0.2) is 0 Å². The van der Waals surface area contributed by atoms with Crippen LogP contribution in [-0.4, -0.2) is 4.82 Å². The zero-order valence-electron chi connectivity index (χ0n) is 6.18. The Morgan fingerprint density at radius 1 is 1.42 bits per heavy atom. The first-order chi connectivity index (χ1) is 5.68. The lowest BCUT2D eigenvalue weighted by molar-refractivity contribution is 0.261. The molecule has 1 aromatic rings. The Morgan fingerprint density at radius 3 is 2.50 bits per heavy atom. The molecule has 0 bridgehead atoms. The van der Waals surface area contributed by atoms with Crippen molar-refractivity contribution in [1.82, 2.24) is 5.32 Å². The number of halogens is 2. The monoisotopic (exact) mass is 247 g/mol. The molecule has 1 aromatic carbocycles. The average molecular weight is 249 g/mol. The lowest BCUT2D eigenvalue weighted by Crippen LogP contribution is -2.14. The zero-order valence-corrected chi connectivity index (χ0v) is 8.52. The highest BCUT2D eigenvalue weighted by molar-refractivity contribution is 9.18. The van der Waals surface area contributed by atoms with Crippen LogP contribution in [0.15, 0.2) is 24.3 Å². The molecule has 4 heteroatoms. The molecule has 0 atom stereocenters. The molecule has 0 heterocycles. The third-order valence-corrected chi connectivity index (χ3v) is 1.88. The number of hydrogen-bond donors (Lipinski definition) is 1. The van der Waals surface area contributed by atoms with E-state index in [0.29, 0.717) is 11.6 Å². The quantitative estimate of drug-likeness (QED) is 0.633. The summed E-state index contributed by atoms with van der Waals surface area (Å²) in [6, 6.07) is 7.31. The fraction of sp³-hybridized carbons (Fsp3) is 0.125. The van der Waals surface area contributed by atoms with E-state index >= 15 is 0 Å². The first kappa shape index (κ1) is 9.55. The second-order valence-corrected chi connectivity index (χ2v) is 3.41. The molecule has 0 unspecified atom stereocenters. The van der Waals surface area contributed by atoms with Crippen LogP contribution >= 0.6 is 27.5 Å². The molecule has 0 spiro atoms. The van der Waals surface area contributed by atoms with Gasteiger partial charge in [0.15, 0.2) is 0 Å². The van der Waals surface area contributed by atoms with E-state index in [-0.39, 0.29) is 4.82 Å². The number of rotatable bonds is 2. The first-order valence-electron chi connectivity index (χ1n) is 3.36. The molecule has 1 rings (SSSR count). The van der Waals surface area contributed by atoms with Crippen LogP contribution in [0.1, 0.15) is 5.56 Å². The van der Waals surface area contributed by atoms with E-state index in [2.05, 4.69) is 21.2 Å². The summed E-state index contributed by atoms with van der Waals surface area (Å²) < 4.78 is 0. The highest BCUT2D eigenvalue weighted by Gasteiger charge is 1.94. The maximum absolute atomic E-state index is 10.5. The van der Waals surface area contributed by atoms with E-state index in [1.807, 2.05) is 12.1 Å². The lowest BCUT2D eigenvalue weighted by Gasteiger charge is -2.00. The van der Waals surface area contributed by atoms with Gasteiger partial charge in [-0.1, -0.05) is 23.7 Å². The number of carbonyl (C=O) groups is 1. The smallest absolute Gasteiger partial charge is 0.287 e. The van der Waals surface area contributed by atoms with Crippen LogP contribution in [0, 0.1) is 0 Å². The molecule has 12 heavy (non-hydrogen) atoms. The highest BCUT2D eigenvalue weighted by atomic mass is 79.9. The summed E-state index contributed by atoms with van der Waals surface area (Å²) in [5.41, 5.74) is 1.02. The van der Waals surface area contributed by atoms with Gasteiger partial charge in [0.2, 0.25) is 0 Å². The average Bonchev–Trinajstić information content (AvgIpc) is 2.03. The van der Waals surface area contributed by atoms with Gasteiger partial charge < -0.3 is 5.32 Å². The predicted octanol–water partition coefficient (Wildman–Crippen LogP) is 2.94. The summed E-state index contributed by atoms with van der Waals surface area (Å²) >= 11 is 8.45. The molecular weight excluding hydrogens is 241 g/mol. The summed E-state index contributed by atoms with van der Waals surface area (Å²) in [6.07, 6.45) is 0. The fourth-order valence-electron chi connectivity index (χ4n) is 0.774. The standard InChI is InChI=1S/C8H7BrClNO/c9-8(12)11-5-6-1-3-7(10)4-2-6/h1-4H,5H2,(H,11,12). The molecule has 0 radical (unpaired) electrons. The molecule has 0 fully saturated rings. The number of carbonyl (C=O) groups excluding carboxylic acids is 1. The first-order valence-corrected chi connectivity index (χ1v) is 4.53. The third kappa shape index (κ3) is 3.24. The number of hydrogen-bond acceptors (Lipinski definition) is 1. The van der Waals surface area contributed by atoms with Crippen molar-refractivity contribution >= 4 is 32.3 Å². The molecule has 0 aromatic heterocycles. The molecule has 1 amide bonds. The van der Waals surface area contributed by atoms with E-state index in [1.165, 1.54) is 0 Å². The molecule has 0 aliphatic heterocycles. The van der Waals surface area contributed by atoms with Crippen molar-refractivity contribution in [3.8, 4) is 0 Å². The summed E-state index contributed by atoms with van der Waals surface area (Å²) in [4.78, 5) is 10.3. The van der Waals surface area contributed by atoms with Gasteiger partial charge in [0.1, 0.15) is 0 Å². The maximum atomic E-state index is 10.5. The summed E-state index contributed by atoms with van der Waals surface area (Å²) in [5.74, 6) is 0. The van der Waals surface area contributed by atoms with Crippen molar-refractivity contribution in [3.05, 3.63) is 34.9 Å². The SMILES string of the molecule is O=C(Br)NCc1ccc(Cl)cc1. The van der Waals surface area contributed by atoms with Crippen LogP contribution in [0.4, 0.5) is 4.79 Å². The third-order valence-electron chi connectivity index (χ3n) is 1.34. The Balaban J connectivity index is 2.53. The van der Waals surface area contributed by atoms with Crippen molar-refractivity contribution in [2.24, 2.45) is 0 Å². The van der Waals surface area contributed by atoms with Gasteiger partial charge in [0, 0.05) is 27.5 Å². The van der Waals surface area contributed by atoms with Crippen LogP contribution in [0.3, 0.4) is 0 Å². The summed E-state index contributed by atoms with van der Waals surface area (Å²) in [6.45, 7) is 0.515. The predicted molar refractivity (Wildman–Crippen MR) is 52.6 cm³/mol. The van der Waals surface area contributed by atoms with Gasteiger partial charge >= 0.3 is 0 Å². The zero-order chi connectivity index (χ0) is 8.97. The minimum absolute atomic E-state index is 0.211. The molecule has 0 saturated carbocycles. The molecule has 64 valence electrons. The normalized spacial score (nSPS) is 9.50. The van der Waals surface area contributed by atoms with Crippen LogP contribution < -0.4 is 5.32 Å². The molecule has 0 saturated heterocycles. The summed E-state index contributed by atoms with van der Waals surface area (Å²) in [5, 5.41) is 3.31. The molecular formula is C8H7BrClNO. The molecule has 0 aliphatic rings. The Hall–Kier alpha value is -0.540. The van der Waals surface area contributed by atoms with E-state index < -0.39 is 0 Å². The fourth-order valence-corrected chi connectivity index (χ4v) is 1.04. The second kappa shape index (κ2) is 4.48. The Labute approximate surface area is 84.0 Å². The largest absolute Gasteiger partial charge is 0.343 e. The van der Waals surface area contributed by atoms with Gasteiger partial charge in [0.05, 0.1) is 0 Å². The maximum Gasteiger partial charge on any atom is 0.287 e. The van der Waals surface area contributed by atoms with Crippen LogP contribution in [0.25, 0.3) is 0 Å². The van der Waals surface area contributed by atoms with Crippen LogP contribution in [0.2, 0.25) is 5.02 Å². The van der Waals surface area contributed by atoms with Crippen molar-refractivity contribution in [2.45, 2.75) is 6.54 Å². The van der Waals surface area contributed by atoms with Gasteiger partial charge in [-0.15, -0.1) is 0 Å². The number of benzene rings is 1. The van der Waals surface area contributed by atoms with Crippen LogP contribution in [0.5, 0.6) is 0 Å². The minimum Gasteiger partial charge on any atom is -0.343 e. The van der Waals surface area contributed by atoms with Crippen molar-refractivity contribution in [2.75, 3.05) is 0 Å². The summed E-state index contributed by atoms with van der Waals surface area (Å²) in [7, 11) is 0. The van der Waals surface area contributed by atoms with E-state index in [1.54, 1.807) is 12.1 Å². The Kier molecular flexibility index (Phi) is 3.56. The molecule has 0 aliphatic carbocycles. The van der Waals surface area contributed by atoms with Gasteiger partial charge in [-0.2, -0.15) is 0 Å². The number of amides is 1. The highest BCUT2D eigenvalue weighted by Crippen LogP contribution is 2.09. The Morgan fingerprint density at radius 2 is 2.00 bits per heavy atom. The van der Waals surface area contributed by atoms with Gasteiger partial charge in [-0.05, 0) is 17.7 Å². The van der Waals surface area contributed by atoms with Crippen molar-refractivity contribution < 1.29 is 4.79 Å². The molecule has 2 nitrogen and oxygen atoms in total. The topological polar surface area (TPSA) is 29.1 Å². The van der Waals surface area contributed by atoms with E-state index in [9.17, 15) is 4.79 Å². The van der Waals surface area contributed by atoms with Crippen LogP contribution in [-0.2, 0) is 6.54 Å². The van der Waals surface area contributed by atoms with Gasteiger partial charge in [0.25, 0.3) is 4.82 Å². The Bertz CT molecular complexity index is 273. The lowest BCUT2D eigenvalue weighted by atomic mass is 10.2. The van der Waals surface area contributed by atoms with E-state index in [4.69, 9.17) is 11.6 Å². The van der Waals surface area contributed by atoms with Crippen molar-refractivity contribution in [3.63, 3.8) is 0 Å². The van der Waals surface area contributed by atoms with E-state index in [0.717, 1.165) is 5.56 Å². The number of nitrogens with one attached hydrogen (secondary N) is 1. The minimum atomic E-state index is -0.211. The second-order valence-electron chi connectivity index (χ2n) is 2.25. The van der Waals surface area contributed by atoms with Crippen molar-refractivity contribution in [1.29, 1.82) is 0 Å². The molecule has 1 N–H and O–H groups in total.